The minimum atomic E-state index is -0.322. The summed E-state index contributed by atoms with van der Waals surface area (Å²) in [5, 5.41) is 14.4. The first kappa shape index (κ1) is 15.1. The Balaban J connectivity index is 1.98. The zero-order chi connectivity index (χ0) is 15.2. The smallest absolute Gasteiger partial charge is 0.274 e. The molecule has 1 heterocycles. The molecule has 0 aliphatic heterocycles. The number of benzene rings is 1. The molecule has 1 atom stereocenters. The van der Waals surface area contributed by atoms with Crippen LogP contribution in [-0.2, 0) is 12.8 Å². The predicted octanol–water partition coefficient (Wildman–Crippen LogP) is 4.18. The van der Waals surface area contributed by atoms with Gasteiger partial charge in [0.05, 0.1) is 11.2 Å². The summed E-state index contributed by atoms with van der Waals surface area (Å²) in [6, 6.07) is 9.37. The van der Waals surface area contributed by atoms with Gasteiger partial charge in [-0.1, -0.05) is 13.0 Å². The van der Waals surface area contributed by atoms with Crippen LogP contribution in [0.1, 0.15) is 31.6 Å². The van der Waals surface area contributed by atoms with E-state index >= 15 is 0 Å². The molecule has 0 aliphatic rings. The number of nitro groups is 1. The number of aryl methyl sites for hydroxylation is 2. The van der Waals surface area contributed by atoms with Gasteiger partial charge in [0.2, 0.25) is 0 Å². The fourth-order valence-corrected chi connectivity index (χ4v) is 2.29. The maximum atomic E-state index is 11.1. The summed E-state index contributed by atoms with van der Waals surface area (Å²) in [6.45, 7) is 3.98. The van der Waals surface area contributed by atoms with Crippen molar-refractivity contribution in [1.82, 2.24) is 0 Å². The molecule has 0 fully saturated rings. The molecule has 0 radical (unpaired) electrons. The number of nitrogens with one attached hydrogen (secondary N) is 1. The van der Waals surface area contributed by atoms with Gasteiger partial charge in [-0.05, 0) is 38.0 Å². The second kappa shape index (κ2) is 6.92. The lowest BCUT2D eigenvalue weighted by Gasteiger charge is -2.15. The first-order valence-corrected chi connectivity index (χ1v) is 7.16. The van der Waals surface area contributed by atoms with Gasteiger partial charge >= 0.3 is 0 Å². The second-order valence-electron chi connectivity index (χ2n) is 5.12. The van der Waals surface area contributed by atoms with Gasteiger partial charge in [-0.25, -0.2) is 0 Å². The Morgan fingerprint density at radius 2 is 2.19 bits per heavy atom. The number of rotatable bonds is 7. The molecule has 2 aromatic rings. The minimum absolute atomic E-state index is 0.181. The number of anilines is 1. The van der Waals surface area contributed by atoms with E-state index in [0.717, 1.165) is 29.9 Å². The highest BCUT2D eigenvalue weighted by molar-refractivity contribution is 5.55. The standard InChI is InChI=1S/C16H20N2O3/c1-3-13-7-8-14(11-16(13)18(19)20)17-12(2)6-9-15-5-4-10-21-15/h4-5,7-8,10-12,17H,3,6,9H2,1-2H3. The van der Waals surface area contributed by atoms with E-state index in [4.69, 9.17) is 4.42 Å². The maximum absolute atomic E-state index is 11.1. The molecule has 0 saturated heterocycles. The zero-order valence-electron chi connectivity index (χ0n) is 12.3. The highest BCUT2D eigenvalue weighted by Gasteiger charge is 2.14. The van der Waals surface area contributed by atoms with Crippen molar-refractivity contribution >= 4 is 11.4 Å². The summed E-state index contributed by atoms with van der Waals surface area (Å²) in [7, 11) is 0. The fourth-order valence-electron chi connectivity index (χ4n) is 2.29. The summed E-state index contributed by atoms with van der Waals surface area (Å²) < 4.78 is 5.30. The second-order valence-corrected chi connectivity index (χ2v) is 5.12. The van der Waals surface area contributed by atoms with Crippen LogP contribution in [0.5, 0.6) is 0 Å². The molecule has 21 heavy (non-hydrogen) atoms. The molecule has 0 saturated carbocycles. The van der Waals surface area contributed by atoms with Crippen LogP contribution < -0.4 is 5.32 Å². The van der Waals surface area contributed by atoms with Crippen molar-refractivity contribution in [3.05, 3.63) is 58.0 Å². The lowest BCUT2D eigenvalue weighted by molar-refractivity contribution is -0.385. The molecule has 0 spiro atoms. The summed E-state index contributed by atoms with van der Waals surface area (Å²) in [5.41, 5.74) is 1.72. The van der Waals surface area contributed by atoms with Crippen molar-refractivity contribution in [1.29, 1.82) is 0 Å². The molecule has 1 aromatic heterocycles. The first-order chi connectivity index (χ1) is 10.1. The molecule has 1 N–H and O–H groups in total. The number of hydrogen-bond acceptors (Lipinski definition) is 4. The van der Waals surface area contributed by atoms with E-state index in [9.17, 15) is 10.1 Å². The molecule has 1 unspecified atom stereocenters. The third-order valence-corrected chi connectivity index (χ3v) is 3.48. The van der Waals surface area contributed by atoms with E-state index in [1.165, 1.54) is 0 Å². The van der Waals surface area contributed by atoms with E-state index in [1.807, 2.05) is 31.2 Å². The van der Waals surface area contributed by atoms with Crippen molar-refractivity contribution in [2.75, 3.05) is 5.32 Å². The lowest BCUT2D eigenvalue weighted by Crippen LogP contribution is -2.16. The number of nitro benzene ring substituents is 1. The maximum Gasteiger partial charge on any atom is 0.274 e. The quantitative estimate of drug-likeness (QED) is 0.613. The summed E-state index contributed by atoms with van der Waals surface area (Å²) >= 11 is 0. The normalized spacial score (nSPS) is 12.1. The molecular formula is C16H20N2O3. The third-order valence-electron chi connectivity index (χ3n) is 3.48. The molecule has 0 amide bonds. The monoisotopic (exact) mass is 288 g/mol. The highest BCUT2D eigenvalue weighted by Crippen LogP contribution is 2.24. The molecular weight excluding hydrogens is 268 g/mol. The highest BCUT2D eigenvalue weighted by atomic mass is 16.6. The first-order valence-electron chi connectivity index (χ1n) is 7.16. The van der Waals surface area contributed by atoms with Gasteiger partial charge in [-0.15, -0.1) is 0 Å². The Labute approximate surface area is 124 Å². The Morgan fingerprint density at radius 3 is 2.81 bits per heavy atom. The topological polar surface area (TPSA) is 68.3 Å². The largest absolute Gasteiger partial charge is 0.469 e. The van der Waals surface area contributed by atoms with E-state index in [2.05, 4.69) is 12.2 Å². The predicted molar refractivity (Wildman–Crippen MR) is 82.6 cm³/mol. The van der Waals surface area contributed by atoms with Crippen molar-refractivity contribution < 1.29 is 9.34 Å². The number of hydrogen-bond donors (Lipinski definition) is 1. The van der Waals surface area contributed by atoms with Crippen LogP contribution in [0.2, 0.25) is 0 Å². The molecule has 5 heteroatoms. The lowest BCUT2D eigenvalue weighted by atomic mass is 10.1. The van der Waals surface area contributed by atoms with E-state index in [1.54, 1.807) is 12.3 Å². The van der Waals surface area contributed by atoms with E-state index < -0.39 is 0 Å². The van der Waals surface area contributed by atoms with E-state index in [-0.39, 0.29) is 16.7 Å². The fraction of sp³-hybridized carbons (Fsp3) is 0.375. The molecule has 1 aromatic carbocycles. The van der Waals surface area contributed by atoms with E-state index in [0.29, 0.717) is 6.42 Å². The summed E-state index contributed by atoms with van der Waals surface area (Å²) in [6.07, 6.45) is 4.07. The van der Waals surface area contributed by atoms with Crippen molar-refractivity contribution in [3.8, 4) is 0 Å². The third kappa shape index (κ3) is 4.08. The van der Waals surface area contributed by atoms with Crippen LogP contribution in [0.15, 0.2) is 41.0 Å². The van der Waals surface area contributed by atoms with Crippen LogP contribution in [0.25, 0.3) is 0 Å². The SMILES string of the molecule is CCc1ccc(NC(C)CCc2ccco2)cc1[N+](=O)[O-]. The molecule has 0 bridgehead atoms. The molecule has 0 aliphatic carbocycles. The Bertz CT molecular complexity index is 594. The number of nitrogens with zero attached hydrogens (tertiary/aromatic N) is 1. The zero-order valence-corrected chi connectivity index (χ0v) is 12.3. The molecule has 112 valence electrons. The van der Waals surface area contributed by atoms with Crippen molar-refractivity contribution in [2.45, 2.75) is 39.2 Å². The minimum Gasteiger partial charge on any atom is -0.469 e. The molecule has 2 rings (SSSR count). The van der Waals surface area contributed by atoms with Gasteiger partial charge in [-0.2, -0.15) is 0 Å². The van der Waals surface area contributed by atoms with Crippen LogP contribution in [-0.4, -0.2) is 11.0 Å². The van der Waals surface area contributed by atoms with Crippen LogP contribution in [0.3, 0.4) is 0 Å². The van der Waals surface area contributed by atoms with Gasteiger partial charge in [0.1, 0.15) is 5.76 Å². The van der Waals surface area contributed by atoms with Gasteiger partial charge in [-0.3, -0.25) is 10.1 Å². The van der Waals surface area contributed by atoms with Gasteiger partial charge in [0.25, 0.3) is 5.69 Å². The number of furan rings is 1. The Hall–Kier alpha value is -2.30. The summed E-state index contributed by atoms with van der Waals surface area (Å²) in [4.78, 5) is 10.7. The van der Waals surface area contributed by atoms with Crippen molar-refractivity contribution in [2.24, 2.45) is 0 Å². The van der Waals surface area contributed by atoms with Crippen molar-refractivity contribution in [3.63, 3.8) is 0 Å². The Kier molecular flexibility index (Phi) is 4.98. The average molecular weight is 288 g/mol. The van der Waals surface area contributed by atoms with Crippen LogP contribution in [0.4, 0.5) is 11.4 Å². The van der Waals surface area contributed by atoms with Gasteiger partial charge < -0.3 is 9.73 Å². The van der Waals surface area contributed by atoms with Gasteiger partial charge in [0.15, 0.2) is 0 Å². The Morgan fingerprint density at radius 1 is 1.38 bits per heavy atom. The van der Waals surface area contributed by atoms with Crippen LogP contribution in [0, 0.1) is 10.1 Å². The van der Waals surface area contributed by atoms with Gasteiger partial charge in [0, 0.05) is 29.8 Å². The molecule has 5 nitrogen and oxygen atoms in total. The summed E-state index contributed by atoms with van der Waals surface area (Å²) in [5.74, 6) is 0.955. The van der Waals surface area contributed by atoms with Crippen LogP contribution >= 0.6 is 0 Å². The average Bonchev–Trinajstić information content (AvgIpc) is 2.98.